The van der Waals surface area contributed by atoms with E-state index < -0.39 is 0 Å². The first-order valence-electron chi connectivity index (χ1n) is 6.77. The number of carbonyl (C=O) groups is 1. The average Bonchev–Trinajstić information content (AvgIpc) is 2.55. The molecule has 0 aliphatic heterocycles. The van der Waals surface area contributed by atoms with Crippen molar-refractivity contribution in [2.75, 3.05) is 18.2 Å². The van der Waals surface area contributed by atoms with Gasteiger partial charge in [-0.1, -0.05) is 18.2 Å². The predicted molar refractivity (Wildman–Crippen MR) is 87.1 cm³/mol. The Morgan fingerprint density at radius 1 is 1.18 bits per heavy atom. The molecule has 110 valence electrons. The summed E-state index contributed by atoms with van der Waals surface area (Å²) in [5.74, 6) is 0.333. The summed E-state index contributed by atoms with van der Waals surface area (Å²) in [6, 6.07) is 14.4. The normalized spacial score (nSPS) is 10.4. The molecule has 5 nitrogen and oxygen atoms in total. The number of methoxy groups -OCH3 is 1. The summed E-state index contributed by atoms with van der Waals surface area (Å²) in [7, 11) is 1.55. The number of nitrogens with zero attached hydrogens (tertiary/aromatic N) is 1. The van der Waals surface area contributed by atoms with Crippen molar-refractivity contribution in [2.45, 2.75) is 0 Å². The van der Waals surface area contributed by atoms with E-state index in [-0.39, 0.29) is 5.91 Å². The summed E-state index contributed by atoms with van der Waals surface area (Å²) in [5, 5.41) is 3.82. The van der Waals surface area contributed by atoms with Crippen molar-refractivity contribution in [1.82, 2.24) is 4.98 Å². The van der Waals surface area contributed by atoms with Gasteiger partial charge in [0, 0.05) is 23.3 Å². The number of rotatable bonds is 3. The highest BCUT2D eigenvalue weighted by Crippen LogP contribution is 2.24. The van der Waals surface area contributed by atoms with Crippen LogP contribution < -0.4 is 15.8 Å². The van der Waals surface area contributed by atoms with Crippen LogP contribution in [-0.4, -0.2) is 18.0 Å². The number of para-hydroxylation sites is 1. The van der Waals surface area contributed by atoms with Crippen molar-refractivity contribution in [3.8, 4) is 5.75 Å². The van der Waals surface area contributed by atoms with Crippen molar-refractivity contribution in [2.24, 2.45) is 0 Å². The molecule has 3 aromatic rings. The third-order valence-corrected chi connectivity index (χ3v) is 3.38. The highest BCUT2D eigenvalue weighted by molar-refractivity contribution is 6.10. The van der Waals surface area contributed by atoms with Gasteiger partial charge < -0.3 is 15.8 Å². The minimum atomic E-state index is -0.279. The molecule has 5 heteroatoms. The van der Waals surface area contributed by atoms with E-state index in [9.17, 15) is 4.79 Å². The number of fused-ring (bicyclic) bond motifs is 1. The van der Waals surface area contributed by atoms with E-state index >= 15 is 0 Å². The Morgan fingerprint density at radius 2 is 2.00 bits per heavy atom. The Morgan fingerprint density at radius 3 is 2.77 bits per heavy atom. The Balaban J connectivity index is 1.93. The van der Waals surface area contributed by atoms with Crippen molar-refractivity contribution in [1.29, 1.82) is 0 Å². The van der Waals surface area contributed by atoms with Gasteiger partial charge in [0.25, 0.3) is 5.91 Å². The minimum Gasteiger partial charge on any atom is -0.497 e. The van der Waals surface area contributed by atoms with Gasteiger partial charge in [0.2, 0.25) is 0 Å². The predicted octanol–water partition coefficient (Wildman–Crippen LogP) is 3.08. The molecule has 0 aliphatic carbocycles. The second-order valence-corrected chi connectivity index (χ2v) is 4.79. The molecular formula is C17H15N3O2. The fraction of sp³-hybridized carbons (Fsp3) is 0.0588. The lowest BCUT2D eigenvalue weighted by atomic mass is 10.1. The van der Waals surface area contributed by atoms with Crippen LogP contribution in [0.1, 0.15) is 10.4 Å². The molecule has 0 radical (unpaired) electrons. The van der Waals surface area contributed by atoms with Gasteiger partial charge in [-0.3, -0.25) is 9.78 Å². The number of carbonyl (C=O) groups excluding carboxylic acids is 1. The van der Waals surface area contributed by atoms with Gasteiger partial charge in [0.05, 0.1) is 23.9 Å². The van der Waals surface area contributed by atoms with Crippen LogP contribution in [0.5, 0.6) is 5.75 Å². The molecule has 2 aromatic carbocycles. The second-order valence-electron chi connectivity index (χ2n) is 4.79. The molecule has 0 unspecified atom stereocenters. The van der Waals surface area contributed by atoms with Crippen LogP contribution in [0.4, 0.5) is 11.4 Å². The zero-order valence-corrected chi connectivity index (χ0v) is 12.0. The molecule has 0 saturated carbocycles. The quantitative estimate of drug-likeness (QED) is 0.727. The van der Waals surface area contributed by atoms with E-state index in [0.29, 0.717) is 22.7 Å². The lowest BCUT2D eigenvalue weighted by Gasteiger charge is -2.10. The zero-order chi connectivity index (χ0) is 15.5. The molecule has 3 rings (SSSR count). The largest absolute Gasteiger partial charge is 0.497 e. The lowest BCUT2D eigenvalue weighted by Crippen LogP contribution is -2.14. The number of ether oxygens (including phenoxy) is 1. The first-order valence-corrected chi connectivity index (χ1v) is 6.77. The highest BCUT2D eigenvalue weighted by atomic mass is 16.5. The van der Waals surface area contributed by atoms with Gasteiger partial charge in [-0.05, 0) is 24.3 Å². The lowest BCUT2D eigenvalue weighted by molar-refractivity contribution is 0.102. The van der Waals surface area contributed by atoms with Gasteiger partial charge in [0.1, 0.15) is 5.75 Å². The van der Waals surface area contributed by atoms with E-state index in [4.69, 9.17) is 10.5 Å². The second kappa shape index (κ2) is 5.73. The number of nitrogens with two attached hydrogens (primary N) is 1. The molecule has 0 spiro atoms. The number of anilines is 2. The summed E-state index contributed by atoms with van der Waals surface area (Å²) in [6.45, 7) is 0. The van der Waals surface area contributed by atoms with Crippen LogP contribution in [-0.2, 0) is 0 Å². The standard InChI is InChI=1S/C17H15N3O2/c1-22-12-7-8-13(14(18)10-12)17(21)20-15-6-2-4-11-5-3-9-19-16(11)15/h2-10H,18H2,1H3,(H,20,21). The van der Waals surface area contributed by atoms with E-state index in [0.717, 1.165) is 10.9 Å². The maximum atomic E-state index is 12.4. The number of nitrogen functional groups attached to an aromatic ring is 1. The number of nitrogens with one attached hydrogen (secondary N) is 1. The van der Waals surface area contributed by atoms with Gasteiger partial charge in [-0.25, -0.2) is 0 Å². The van der Waals surface area contributed by atoms with Crippen LogP contribution in [0.3, 0.4) is 0 Å². The molecule has 22 heavy (non-hydrogen) atoms. The van der Waals surface area contributed by atoms with Crippen LogP contribution in [0.15, 0.2) is 54.7 Å². The Labute approximate surface area is 127 Å². The fourth-order valence-corrected chi connectivity index (χ4v) is 2.27. The van der Waals surface area contributed by atoms with Gasteiger partial charge >= 0.3 is 0 Å². The summed E-state index contributed by atoms with van der Waals surface area (Å²) in [5.41, 5.74) is 8.06. The number of aromatic nitrogens is 1. The SMILES string of the molecule is COc1ccc(C(=O)Nc2cccc3cccnc23)c(N)c1. The van der Waals surface area contributed by atoms with Crippen LogP contribution in [0.2, 0.25) is 0 Å². The molecule has 0 aliphatic rings. The number of hydrogen-bond donors (Lipinski definition) is 2. The summed E-state index contributed by atoms with van der Waals surface area (Å²) in [4.78, 5) is 16.7. The first-order chi connectivity index (χ1) is 10.7. The average molecular weight is 293 g/mol. The molecule has 1 amide bonds. The van der Waals surface area contributed by atoms with Gasteiger partial charge in [-0.15, -0.1) is 0 Å². The molecule has 1 aromatic heterocycles. The van der Waals surface area contributed by atoms with Gasteiger partial charge in [0.15, 0.2) is 0 Å². The summed E-state index contributed by atoms with van der Waals surface area (Å²) in [6.07, 6.45) is 1.69. The molecule has 0 fully saturated rings. The molecule has 0 bridgehead atoms. The topological polar surface area (TPSA) is 77.2 Å². The van der Waals surface area contributed by atoms with Crippen LogP contribution in [0.25, 0.3) is 10.9 Å². The van der Waals surface area contributed by atoms with Gasteiger partial charge in [-0.2, -0.15) is 0 Å². The summed E-state index contributed by atoms with van der Waals surface area (Å²) >= 11 is 0. The monoisotopic (exact) mass is 293 g/mol. The maximum Gasteiger partial charge on any atom is 0.257 e. The van der Waals surface area contributed by atoms with Crippen molar-refractivity contribution >= 4 is 28.2 Å². The number of pyridine rings is 1. The fourth-order valence-electron chi connectivity index (χ4n) is 2.27. The first kappa shape index (κ1) is 13.9. The molecule has 3 N–H and O–H groups in total. The van der Waals surface area contributed by atoms with E-state index in [1.54, 1.807) is 31.5 Å². The van der Waals surface area contributed by atoms with Crippen molar-refractivity contribution in [3.63, 3.8) is 0 Å². The zero-order valence-electron chi connectivity index (χ0n) is 12.0. The maximum absolute atomic E-state index is 12.4. The Hall–Kier alpha value is -3.08. The van der Waals surface area contributed by atoms with E-state index in [1.807, 2.05) is 30.3 Å². The van der Waals surface area contributed by atoms with Crippen LogP contribution in [0, 0.1) is 0 Å². The number of amides is 1. The minimum absolute atomic E-state index is 0.279. The smallest absolute Gasteiger partial charge is 0.257 e. The third-order valence-electron chi connectivity index (χ3n) is 3.38. The molecule has 0 atom stereocenters. The number of hydrogen-bond acceptors (Lipinski definition) is 4. The Kier molecular flexibility index (Phi) is 3.62. The number of benzene rings is 2. The van der Waals surface area contributed by atoms with E-state index in [1.165, 1.54) is 0 Å². The molecule has 0 saturated heterocycles. The third kappa shape index (κ3) is 2.56. The van der Waals surface area contributed by atoms with Crippen LogP contribution >= 0.6 is 0 Å². The van der Waals surface area contributed by atoms with Crippen molar-refractivity contribution in [3.05, 3.63) is 60.3 Å². The molecule has 1 heterocycles. The van der Waals surface area contributed by atoms with E-state index in [2.05, 4.69) is 10.3 Å². The highest BCUT2D eigenvalue weighted by Gasteiger charge is 2.12. The Bertz CT molecular complexity index is 841. The summed E-state index contributed by atoms with van der Waals surface area (Å²) < 4.78 is 5.08. The molecular weight excluding hydrogens is 278 g/mol. The van der Waals surface area contributed by atoms with Crippen molar-refractivity contribution < 1.29 is 9.53 Å².